The number of hydrogen-bond acceptors (Lipinski definition) is 2. The van der Waals surface area contributed by atoms with Gasteiger partial charge in [-0.05, 0) is 45.0 Å². The van der Waals surface area contributed by atoms with Crippen molar-refractivity contribution in [2.75, 3.05) is 5.32 Å². The number of quaternary nitrogens is 1. The average molecular weight is 311 g/mol. The average Bonchev–Trinajstić information content (AvgIpc) is 2.54. The smallest absolute Gasteiger partial charge is 0.282 e. The fourth-order valence-corrected chi connectivity index (χ4v) is 2.19. The number of rotatable bonds is 6. The molecule has 0 saturated heterocycles. The molecule has 0 unspecified atom stereocenters. The Morgan fingerprint density at radius 1 is 1.04 bits per heavy atom. The van der Waals surface area contributed by atoms with Crippen LogP contribution in [0.15, 0.2) is 48.5 Å². The molecule has 0 aliphatic carbocycles. The van der Waals surface area contributed by atoms with Crippen LogP contribution in [0.25, 0.3) is 0 Å². The third-order valence-corrected chi connectivity index (χ3v) is 3.80. The van der Waals surface area contributed by atoms with Gasteiger partial charge in [-0.25, -0.2) is 0 Å². The number of anilines is 1. The zero-order valence-electron chi connectivity index (χ0n) is 13.8. The van der Waals surface area contributed by atoms with Gasteiger partial charge in [-0.15, -0.1) is 0 Å². The zero-order chi connectivity index (χ0) is 16.8. The van der Waals surface area contributed by atoms with Crippen LogP contribution in [0.1, 0.15) is 35.3 Å². The van der Waals surface area contributed by atoms with Gasteiger partial charge in [0, 0.05) is 16.8 Å². The first kappa shape index (κ1) is 16.9. The predicted octanol–water partition coefficient (Wildman–Crippen LogP) is 2.29. The van der Waals surface area contributed by atoms with E-state index in [0.717, 1.165) is 6.54 Å². The molecule has 2 aromatic carbocycles. The molecule has 2 rings (SSSR count). The summed E-state index contributed by atoms with van der Waals surface area (Å²) in [5.74, 6) is -0.0321. The number of nitrogens with two attached hydrogens (primary N) is 1. The maximum absolute atomic E-state index is 12.2. The van der Waals surface area contributed by atoms with Gasteiger partial charge in [-0.1, -0.05) is 29.8 Å². The quantitative estimate of drug-likeness (QED) is 0.804. The van der Waals surface area contributed by atoms with Crippen molar-refractivity contribution in [3.63, 3.8) is 0 Å². The summed E-state index contributed by atoms with van der Waals surface area (Å²) in [5, 5.41) is 4.88. The molecule has 0 heterocycles. The summed E-state index contributed by atoms with van der Waals surface area (Å²) in [6, 6.07) is 15.1. The summed E-state index contributed by atoms with van der Waals surface area (Å²) >= 11 is 0. The van der Waals surface area contributed by atoms with Crippen LogP contribution in [0.3, 0.4) is 0 Å². The van der Waals surface area contributed by atoms with Crippen LogP contribution in [-0.2, 0) is 11.3 Å². The normalized spacial score (nSPS) is 11.8. The van der Waals surface area contributed by atoms with Gasteiger partial charge >= 0.3 is 0 Å². The van der Waals surface area contributed by atoms with E-state index < -0.39 is 0 Å². The fraction of sp³-hybridized carbons (Fsp3) is 0.263. The van der Waals surface area contributed by atoms with Crippen molar-refractivity contribution in [2.24, 2.45) is 0 Å². The van der Waals surface area contributed by atoms with E-state index in [1.807, 2.05) is 12.2 Å². The van der Waals surface area contributed by atoms with Crippen LogP contribution < -0.4 is 10.6 Å². The van der Waals surface area contributed by atoms with Crippen LogP contribution in [-0.4, -0.2) is 17.7 Å². The maximum Gasteiger partial charge on any atom is 0.282 e. The minimum Gasteiger partial charge on any atom is -0.333 e. The van der Waals surface area contributed by atoms with Crippen LogP contribution in [0.5, 0.6) is 0 Å². The molecule has 1 amide bonds. The van der Waals surface area contributed by atoms with E-state index in [4.69, 9.17) is 0 Å². The van der Waals surface area contributed by atoms with Crippen molar-refractivity contribution >= 4 is 17.4 Å². The van der Waals surface area contributed by atoms with Crippen molar-refractivity contribution in [3.05, 3.63) is 65.2 Å². The highest BCUT2D eigenvalue weighted by atomic mass is 16.2. The second kappa shape index (κ2) is 7.70. The first-order chi connectivity index (χ1) is 11.0. The Bertz CT molecular complexity index is 676. The molecular formula is C19H23N2O2+. The molecule has 2 aromatic rings. The van der Waals surface area contributed by atoms with E-state index in [-0.39, 0.29) is 17.7 Å². The van der Waals surface area contributed by atoms with E-state index >= 15 is 0 Å². The third kappa shape index (κ3) is 5.04. The van der Waals surface area contributed by atoms with E-state index in [1.165, 1.54) is 18.1 Å². The number of carbonyl (C=O) groups excluding carboxylic acids is 2. The molecule has 23 heavy (non-hydrogen) atoms. The van der Waals surface area contributed by atoms with Gasteiger partial charge in [0.2, 0.25) is 0 Å². The number of aryl methyl sites for hydroxylation is 1. The second-order valence-corrected chi connectivity index (χ2v) is 5.84. The summed E-state index contributed by atoms with van der Waals surface area (Å²) in [5.41, 5.74) is 3.77. The lowest BCUT2D eigenvalue weighted by atomic mass is 10.1. The van der Waals surface area contributed by atoms with Gasteiger partial charge in [-0.3, -0.25) is 9.59 Å². The molecule has 0 radical (unpaired) electrons. The van der Waals surface area contributed by atoms with Gasteiger partial charge in [0.25, 0.3) is 5.91 Å². The lowest BCUT2D eigenvalue weighted by molar-refractivity contribution is -0.688. The highest BCUT2D eigenvalue weighted by Gasteiger charge is 2.16. The van der Waals surface area contributed by atoms with Crippen molar-refractivity contribution in [3.8, 4) is 0 Å². The van der Waals surface area contributed by atoms with Crippen LogP contribution >= 0.6 is 0 Å². The minimum atomic E-state index is -0.191. The van der Waals surface area contributed by atoms with Crippen LogP contribution in [0.4, 0.5) is 5.69 Å². The molecule has 0 fully saturated rings. The summed E-state index contributed by atoms with van der Waals surface area (Å²) in [6.45, 7) is 6.22. The van der Waals surface area contributed by atoms with E-state index in [9.17, 15) is 9.59 Å². The zero-order valence-corrected chi connectivity index (χ0v) is 13.8. The molecule has 0 spiro atoms. The molecule has 3 N–H and O–H groups in total. The fourth-order valence-electron chi connectivity index (χ4n) is 2.19. The van der Waals surface area contributed by atoms with Gasteiger partial charge in [-0.2, -0.15) is 0 Å². The first-order valence-corrected chi connectivity index (χ1v) is 7.76. The highest BCUT2D eigenvalue weighted by molar-refractivity contribution is 5.96. The van der Waals surface area contributed by atoms with Crippen LogP contribution in [0, 0.1) is 6.92 Å². The van der Waals surface area contributed by atoms with Crippen molar-refractivity contribution in [2.45, 2.75) is 33.4 Å². The Kier molecular flexibility index (Phi) is 5.66. The number of benzene rings is 2. The molecule has 4 nitrogen and oxygen atoms in total. The molecule has 0 bridgehead atoms. The Labute approximate surface area is 136 Å². The van der Waals surface area contributed by atoms with E-state index in [0.29, 0.717) is 11.3 Å². The molecule has 0 aromatic heterocycles. The minimum absolute atomic E-state index is 0.0164. The summed E-state index contributed by atoms with van der Waals surface area (Å²) < 4.78 is 0. The van der Waals surface area contributed by atoms with Crippen LogP contribution in [0.2, 0.25) is 0 Å². The van der Waals surface area contributed by atoms with E-state index in [1.54, 1.807) is 24.3 Å². The molecule has 0 aliphatic heterocycles. The Hall–Kier alpha value is -2.46. The van der Waals surface area contributed by atoms with Crippen molar-refractivity contribution in [1.29, 1.82) is 0 Å². The molecular weight excluding hydrogens is 288 g/mol. The number of Topliss-reactive ketones (excluding diaryl/α,β-unsaturated/α-hetero) is 1. The molecule has 0 saturated carbocycles. The summed E-state index contributed by atoms with van der Waals surface area (Å²) in [4.78, 5) is 23.4. The Balaban J connectivity index is 1.86. The van der Waals surface area contributed by atoms with Crippen molar-refractivity contribution in [1.82, 2.24) is 0 Å². The number of nitrogens with one attached hydrogen (secondary N) is 1. The highest BCUT2D eigenvalue weighted by Crippen LogP contribution is 2.10. The predicted molar refractivity (Wildman–Crippen MR) is 91.3 cm³/mol. The number of carbonyl (C=O) groups is 2. The maximum atomic E-state index is 12.2. The number of ketones is 1. The standard InChI is InChI=1S/C19H22N2O2/c1-13-4-6-16(7-5-13)12-20-14(2)19(23)21-18-10-8-17(9-11-18)15(3)22/h4-11,14,20H,12H2,1-3H3,(H,21,23)/p+1/t14-/m1/s1. The first-order valence-electron chi connectivity index (χ1n) is 7.76. The SMILES string of the molecule is CC(=O)c1ccc(NC(=O)[C@@H](C)[NH2+]Cc2ccc(C)cc2)cc1. The van der Waals surface area contributed by atoms with E-state index in [2.05, 4.69) is 36.5 Å². The molecule has 1 atom stereocenters. The monoisotopic (exact) mass is 311 g/mol. The Morgan fingerprint density at radius 2 is 1.65 bits per heavy atom. The van der Waals surface area contributed by atoms with Gasteiger partial charge in [0.15, 0.2) is 11.8 Å². The molecule has 4 heteroatoms. The lowest BCUT2D eigenvalue weighted by Gasteiger charge is -2.12. The molecule has 120 valence electrons. The number of hydrogen-bond donors (Lipinski definition) is 2. The van der Waals surface area contributed by atoms with Gasteiger partial charge in [0.1, 0.15) is 6.54 Å². The lowest BCUT2D eigenvalue weighted by Crippen LogP contribution is -2.90. The van der Waals surface area contributed by atoms with Gasteiger partial charge < -0.3 is 10.6 Å². The van der Waals surface area contributed by atoms with Gasteiger partial charge in [0.05, 0.1) is 0 Å². The summed E-state index contributed by atoms with van der Waals surface area (Å²) in [6.07, 6.45) is 0. The van der Waals surface area contributed by atoms with Crippen molar-refractivity contribution < 1.29 is 14.9 Å². The molecule has 0 aliphatic rings. The largest absolute Gasteiger partial charge is 0.333 e. The Morgan fingerprint density at radius 3 is 2.22 bits per heavy atom. The number of amides is 1. The summed E-state index contributed by atoms with van der Waals surface area (Å²) in [7, 11) is 0. The second-order valence-electron chi connectivity index (χ2n) is 5.84. The topological polar surface area (TPSA) is 62.8 Å². The third-order valence-electron chi connectivity index (χ3n) is 3.80.